The van der Waals surface area contributed by atoms with Crippen LogP contribution >= 0.6 is 0 Å². The average Bonchev–Trinajstić information content (AvgIpc) is 2.25. The maximum absolute atomic E-state index is 11.4. The summed E-state index contributed by atoms with van der Waals surface area (Å²) in [4.78, 5) is 11.4. The van der Waals surface area contributed by atoms with E-state index in [1.54, 1.807) is 0 Å². The molecule has 1 aliphatic heterocycles. The Balaban J connectivity index is 1.51. The van der Waals surface area contributed by atoms with Crippen molar-refractivity contribution in [2.45, 2.75) is 50.7 Å². The Bertz CT molecular complexity index is 222. The number of ether oxygens (including phenoxy) is 2. The summed E-state index contributed by atoms with van der Waals surface area (Å²) in [6.45, 7) is 2.56. The molecule has 0 spiro atoms. The highest BCUT2D eigenvalue weighted by atomic mass is 16.5. The zero-order valence-electron chi connectivity index (χ0n) is 9.74. The lowest BCUT2D eigenvalue weighted by Gasteiger charge is -2.26. The van der Waals surface area contributed by atoms with E-state index in [-0.39, 0.29) is 12.1 Å². The molecule has 1 saturated carbocycles. The minimum atomic E-state index is -0.0985. The van der Waals surface area contributed by atoms with E-state index in [0.717, 1.165) is 38.8 Å². The zero-order valence-corrected chi connectivity index (χ0v) is 9.74. The van der Waals surface area contributed by atoms with E-state index in [4.69, 9.17) is 9.47 Å². The van der Waals surface area contributed by atoms with E-state index in [0.29, 0.717) is 19.1 Å². The number of nitrogens with one attached hydrogen (secondary N) is 1. The first kappa shape index (κ1) is 11.9. The van der Waals surface area contributed by atoms with Crippen molar-refractivity contribution in [2.75, 3.05) is 19.7 Å². The average molecular weight is 227 g/mol. The van der Waals surface area contributed by atoms with Gasteiger partial charge in [0, 0.05) is 0 Å². The van der Waals surface area contributed by atoms with Crippen molar-refractivity contribution < 1.29 is 14.3 Å². The number of hydrogen-bond acceptors (Lipinski definition) is 4. The lowest BCUT2D eigenvalue weighted by Crippen LogP contribution is -2.33. The molecule has 2 rings (SSSR count). The molecule has 0 radical (unpaired) electrons. The third-order valence-electron chi connectivity index (χ3n) is 3.30. The molecule has 1 N–H and O–H groups in total. The van der Waals surface area contributed by atoms with Gasteiger partial charge in [0.25, 0.3) is 0 Å². The first-order chi connectivity index (χ1) is 7.84. The van der Waals surface area contributed by atoms with E-state index in [2.05, 4.69) is 5.32 Å². The van der Waals surface area contributed by atoms with Crippen LogP contribution in [0.25, 0.3) is 0 Å². The second-order valence-electron chi connectivity index (χ2n) is 4.61. The molecule has 1 saturated heterocycles. The predicted octanol–water partition coefficient (Wildman–Crippen LogP) is 1.24. The fraction of sp³-hybridized carbons (Fsp3) is 0.917. The molecule has 0 bridgehead atoms. The number of carbonyl (C=O) groups is 1. The molecule has 1 heterocycles. The number of rotatable bonds is 5. The van der Waals surface area contributed by atoms with Crippen LogP contribution in [0.15, 0.2) is 0 Å². The van der Waals surface area contributed by atoms with Crippen LogP contribution in [0.4, 0.5) is 0 Å². The topological polar surface area (TPSA) is 47.6 Å². The zero-order chi connectivity index (χ0) is 11.2. The highest BCUT2D eigenvalue weighted by Gasteiger charge is 2.21. The van der Waals surface area contributed by atoms with Crippen molar-refractivity contribution in [3.05, 3.63) is 0 Å². The van der Waals surface area contributed by atoms with Crippen LogP contribution in [-0.2, 0) is 14.3 Å². The Hall–Kier alpha value is -0.610. The summed E-state index contributed by atoms with van der Waals surface area (Å²) >= 11 is 0. The molecule has 2 fully saturated rings. The van der Waals surface area contributed by atoms with Crippen LogP contribution in [0.1, 0.15) is 38.5 Å². The van der Waals surface area contributed by atoms with Gasteiger partial charge in [0.05, 0.1) is 19.1 Å². The van der Waals surface area contributed by atoms with Crippen molar-refractivity contribution >= 4 is 5.97 Å². The van der Waals surface area contributed by atoms with Crippen molar-refractivity contribution in [1.82, 2.24) is 5.32 Å². The highest BCUT2D eigenvalue weighted by molar-refractivity contribution is 5.69. The number of carbonyl (C=O) groups excluding carboxylic acids is 1. The normalized spacial score (nSPS) is 22.8. The first-order valence-corrected chi connectivity index (χ1v) is 6.36. The molecule has 0 aromatic heterocycles. The van der Waals surface area contributed by atoms with Gasteiger partial charge < -0.3 is 14.8 Å². The molecule has 2 aliphatic rings. The van der Waals surface area contributed by atoms with Crippen LogP contribution in [0.2, 0.25) is 0 Å². The Morgan fingerprint density at radius 2 is 1.88 bits per heavy atom. The Morgan fingerprint density at radius 1 is 1.12 bits per heavy atom. The minimum Gasteiger partial charge on any atom is -0.462 e. The van der Waals surface area contributed by atoms with Gasteiger partial charge in [-0.3, -0.25) is 4.79 Å². The standard InChI is InChI=1S/C12H21NO3/c14-12(16-11-2-1-3-11)6-9-15-10-4-7-13-8-5-10/h10-11,13H,1-9H2. The SMILES string of the molecule is O=C(CCOC1CCNCC1)OC1CCC1. The van der Waals surface area contributed by atoms with Crippen molar-refractivity contribution in [2.24, 2.45) is 0 Å². The third-order valence-corrected chi connectivity index (χ3v) is 3.30. The molecule has 4 heteroatoms. The van der Waals surface area contributed by atoms with E-state index >= 15 is 0 Å². The summed E-state index contributed by atoms with van der Waals surface area (Å²) in [5.41, 5.74) is 0. The monoisotopic (exact) mass is 227 g/mol. The molecule has 0 aromatic carbocycles. The van der Waals surface area contributed by atoms with E-state index in [1.807, 2.05) is 0 Å². The summed E-state index contributed by atoms with van der Waals surface area (Å²) in [7, 11) is 0. The maximum atomic E-state index is 11.4. The summed E-state index contributed by atoms with van der Waals surface area (Å²) in [6.07, 6.45) is 6.32. The maximum Gasteiger partial charge on any atom is 0.308 e. The lowest BCUT2D eigenvalue weighted by atomic mass is 9.96. The largest absolute Gasteiger partial charge is 0.462 e. The Morgan fingerprint density at radius 3 is 2.50 bits per heavy atom. The van der Waals surface area contributed by atoms with Gasteiger partial charge in [-0.15, -0.1) is 0 Å². The molecule has 0 unspecified atom stereocenters. The lowest BCUT2D eigenvalue weighted by molar-refractivity contribution is -0.154. The van der Waals surface area contributed by atoms with Gasteiger partial charge in [0.2, 0.25) is 0 Å². The van der Waals surface area contributed by atoms with Crippen LogP contribution in [0.5, 0.6) is 0 Å². The van der Waals surface area contributed by atoms with Gasteiger partial charge in [-0.1, -0.05) is 0 Å². The van der Waals surface area contributed by atoms with Crippen LogP contribution in [0, 0.1) is 0 Å². The van der Waals surface area contributed by atoms with Gasteiger partial charge in [-0.25, -0.2) is 0 Å². The van der Waals surface area contributed by atoms with E-state index in [9.17, 15) is 4.79 Å². The van der Waals surface area contributed by atoms with Gasteiger partial charge in [-0.2, -0.15) is 0 Å². The molecule has 4 nitrogen and oxygen atoms in total. The van der Waals surface area contributed by atoms with Gasteiger partial charge in [0.1, 0.15) is 6.10 Å². The number of esters is 1. The molecule has 16 heavy (non-hydrogen) atoms. The minimum absolute atomic E-state index is 0.0985. The smallest absolute Gasteiger partial charge is 0.308 e. The molecular formula is C12H21NO3. The molecule has 0 amide bonds. The van der Waals surface area contributed by atoms with Crippen molar-refractivity contribution in [3.63, 3.8) is 0 Å². The Kier molecular flexibility index (Phi) is 4.60. The predicted molar refractivity (Wildman–Crippen MR) is 60.2 cm³/mol. The number of piperidine rings is 1. The second-order valence-corrected chi connectivity index (χ2v) is 4.61. The van der Waals surface area contributed by atoms with Gasteiger partial charge in [0.15, 0.2) is 0 Å². The van der Waals surface area contributed by atoms with E-state index < -0.39 is 0 Å². The fourth-order valence-electron chi connectivity index (χ4n) is 2.00. The van der Waals surface area contributed by atoms with Crippen molar-refractivity contribution in [1.29, 1.82) is 0 Å². The number of hydrogen-bond donors (Lipinski definition) is 1. The summed E-state index contributed by atoms with van der Waals surface area (Å²) in [6, 6.07) is 0. The van der Waals surface area contributed by atoms with Crippen LogP contribution in [-0.4, -0.2) is 37.9 Å². The quantitative estimate of drug-likeness (QED) is 0.718. The Labute approximate surface area is 96.7 Å². The second kappa shape index (κ2) is 6.21. The van der Waals surface area contributed by atoms with E-state index in [1.165, 1.54) is 6.42 Å². The molecular weight excluding hydrogens is 206 g/mol. The van der Waals surface area contributed by atoms with Crippen LogP contribution < -0.4 is 5.32 Å². The van der Waals surface area contributed by atoms with Gasteiger partial charge in [-0.05, 0) is 45.2 Å². The molecule has 1 aliphatic carbocycles. The molecule has 92 valence electrons. The summed E-state index contributed by atoms with van der Waals surface area (Å²) in [5.74, 6) is -0.0985. The molecule has 0 atom stereocenters. The van der Waals surface area contributed by atoms with Gasteiger partial charge >= 0.3 is 5.97 Å². The van der Waals surface area contributed by atoms with Crippen LogP contribution in [0.3, 0.4) is 0 Å². The van der Waals surface area contributed by atoms with Crippen molar-refractivity contribution in [3.8, 4) is 0 Å². The fourth-order valence-corrected chi connectivity index (χ4v) is 2.00. The summed E-state index contributed by atoms with van der Waals surface area (Å²) in [5, 5.41) is 3.28. The summed E-state index contributed by atoms with van der Waals surface area (Å²) < 4.78 is 10.9. The first-order valence-electron chi connectivity index (χ1n) is 6.36. The third kappa shape index (κ3) is 3.76. The highest BCUT2D eigenvalue weighted by Crippen LogP contribution is 2.22. The molecule has 0 aromatic rings.